The molecule has 1 heterocycles. The SMILES string of the molecule is CCc1noc(CNC(=O)N(CCOC)CC2CC2)n1. The van der Waals surface area contributed by atoms with E-state index in [-0.39, 0.29) is 12.6 Å². The van der Waals surface area contributed by atoms with E-state index in [1.165, 1.54) is 12.8 Å². The topological polar surface area (TPSA) is 80.5 Å². The molecule has 1 saturated carbocycles. The van der Waals surface area contributed by atoms with Gasteiger partial charge in [0.1, 0.15) is 0 Å². The van der Waals surface area contributed by atoms with E-state index in [4.69, 9.17) is 9.26 Å². The predicted molar refractivity (Wildman–Crippen MR) is 72.1 cm³/mol. The monoisotopic (exact) mass is 282 g/mol. The summed E-state index contributed by atoms with van der Waals surface area (Å²) in [5, 5.41) is 6.61. The summed E-state index contributed by atoms with van der Waals surface area (Å²) in [6.07, 6.45) is 3.14. The fraction of sp³-hybridized carbons (Fsp3) is 0.769. The zero-order valence-electron chi connectivity index (χ0n) is 12.1. The molecule has 2 amide bonds. The molecule has 1 aliphatic rings. The fourth-order valence-corrected chi connectivity index (χ4v) is 1.86. The summed E-state index contributed by atoms with van der Waals surface area (Å²) in [6, 6.07) is -0.106. The van der Waals surface area contributed by atoms with Gasteiger partial charge in [0, 0.05) is 26.6 Å². The Morgan fingerprint density at radius 3 is 2.95 bits per heavy atom. The van der Waals surface area contributed by atoms with Crippen molar-refractivity contribution in [3.8, 4) is 0 Å². The molecule has 0 unspecified atom stereocenters. The van der Waals surface area contributed by atoms with Gasteiger partial charge < -0.3 is 19.5 Å². The van der Waals surface area contributed by atoms with Gasteiger partial charge in [-0.1, -0.05) is 12.1 Å². The van der Waals surface area contributed by atoms with Crippen LogP contribution in [0.5, 0.6) is 0 Å². The highest BCUT2D eigenvalue weighted by atomic mass is 16.5. The Bertz CT molecular complexity index is 431. The molecule has 7 nitrogen and oxygen atoms in total. The van der Waals surface area contributed by atoms with Gasteiger partial charge in [-0.25, -0.2) is 4.79 Å². The van der Waals surface area contributed by atoms with E-state index in [0.29, 0.717) is 30.8 Å². The summed E-state index contributed by atoms with van der Waals surface area (Å²) in [6.45, 7) is 4.15. The summed E-state index contributed by atoms with van der Waals surface area (Å²) in [4.78, 5) is 18.1. The predicted octanol–water partition coefficient (Wildman–Crippen LogP) is 1.20. The van der Waals surface area contributed by atoms with Crippen molar-refractivity contribution in [2.75, 3.05) is 26.8 Å². The number of carbonyl (C=O) groups excluding carboxylic acids is 1. The van der Waals surface area contributed by atoms with Crippen LogP contribution in [0.2, 0.25) is 0 Å². The number of aromatic nitrogens is 2. The second-order valence-electron chi connectivity index (χ2n) is 5.00. The smallest absolute Gasteiger partial charge is 0.317 e. The molecule has 20 heavy (non-hydrogen) atoms. The zero-order valence-corrected chi connectivity index (χ0v) is 12.1. The first-order valence-corrected chi connectivity index (χ1v) is 7.06. The highest BCUT2D eigenvalue weighted by Crippen LogP contribution is 2.29. The van der Waals surface area contributed by atoms with Crippen LogP contribution in [0.15, 0.2) is 4.52 Å². The standard InChI is InChI=1S/C13H22N4O3/c1-3-11-15-12(20-16-11)8-14-13(18)17(6-7-19-2)9-10-4-5-10/h10H,3-9H2,1-2H3,(H,14,18). The lowest BCUT2D eigenvalue weighted by atomic mass is 10.4. The van der Waals surface area contributed by atoms with Crippen LogP contribution >= 0.6 is 0 Å². The van der Waals surface area contributed by atoms with Crippen LogP contribution in [0, 0.1) is 5.92 Å². The van der Waals surface area contributed by atoms with E-state index in [1.54, 1.807) is 12.0 Å². The first kappa shape index (κ1) is 14.8. The fourth-order valence-electron chi connectivity index (χ4n) is 1.86. The maximum Gasteiger partial charge on any atom is 0.317 e. The summed E-state index contributed by atoms with van der Waals surface area (Å²) in [7, 11) is 1.64. The first-order valence-electron chi connectivity index (χ1n) is 7.06. The van der Waals surface area contributed by atoms with Crippen LogP contribution in [0.1, 0.15) is 31.5 Å². The third kappa shape index (κ3) is 4.48. The Labute approximate surface area is 118 Å². The molecule has 1 aliphatic carbocycles. The molecule has 112 valence electrons. The molecular weight excluding hydrogens is 260 g/mol. The first-order chi connectivity index (χ1) is 9.72. The van der Waals surface area contributed by atoms with Crippen molar-refractivity contribution in [3.05, 3.63) is 11.7 Å². The Balaban J connectivity index is 1.80. The summed E-state index contributed by atoms with van der Waals surface area (Å²) in [5.41, 5.74) is 0. The Morgan fingerprint density at radius 1 is 1.55 bits per heavy atom. The van der Waals surface area contributed by atoms with E-state index in [2.05, 4.69) is 15.5 Å². The molecule has 1 aromatic heterocycles. The number of amides is 2. The summed E-state index contributed by atoms with van der Waals surface area (Å²) in [5.74, 6) is 1.74. The van der Waals surface area contributed by atoms with Gasteiger partial charge >= 0.3 is 6.03 Å². The van der Waals surface area contributed by atoms with Gasteiger partial charge in [-0.05, 0) is 18.8 Å². The Hall–Kier alpha value is -1.63. The largest absolute Gasteiger partial charge is 0.383 e. The van der Waals surface area contributed by atoms with Crippen LogP contribution in [-0.4, -0.2) is 47.9 Å². The Morgan fingerprint density at radius 2 is 2.35 bits per heavy atom. The van der Waals surface area contributed by atoms with Gasteiger partial charge in [0.15, 0.2) is 5.82 Å². The van der Waals surface area contributed by atoms with Gasteiger partial charge in [-0.2, -0.15) is 4.98 Å². The molecular formula is C13H22N4O3. The number of aryl methyl sites for hydroxylation is 1. The molecule has 0 radical (unpaired) electrons. The molecule has 7 heteroatoms. The highest BCUT2D eigenvalue weighted by molar-refractivity contribution is 5.74. The van der Waals surface area contributed by atoms with E-state index < -0.39 is 0 Å². The van der Waals surface area contributed by atoms with Gasteiger partial charge in [0.25, 0.3) is 0 Å². The van der Waals surface area contributed by atoms with Crippen molar-refractivity contribution in [2.45, 2.75) is 32.7 Å². The van der Waals surface area contributed by atoms with Crippen LogP contribution in [0.4, 0.5) is 4.79 Å². The van der Waals surface area contributed by atoms with E-state index >= 15 is 0 Å². The molecule has 1 aromatic rings. The molecule has 2 rings (SSSR count). The number of hydrogen-bond donors (Lipinski definition) is 1. The second-order valence-corrected chi connectivity index (χ2v) is 5.00. The third-order valence-corrected chi connectivity index (χ3v) is 3.25. The van der Waals surface area contributed by atoms with E-state index in [1.807, 2.05) is 6.92 Å². The van der Waals surface area contributed by atoms with Crippen LogP contribution in [0.25, 0.3) is 0 Å². The average molecular weight is 282 g/mol. The summed E-state index contributed by atoms with van der Waals surface area (Å²) >= 11 is 0. The lowest BCUT2D eigenvalue weighted by Crippen LogP contribution is -2.42. The van der Waals surface area contributed by atoms with E-state index in [9.17, 15) is 4.79 Å². The Kier molecular flexibility index (Phi) is 5.34. The van der Waals surface area contributed by atoms with Gasteiger partial charge in [0.05, 0.1) is 13.2 Å². The maximum absolute atomic E-state index is 12.1. The average Bonchev–Trinajstić information content (AvgIpc) is 3.16. The van der Waals surface area contributed by atoms with Crippen LogP contribution in [0.3, 0.4) is 0 Å². The normalized spacial score (nSPS) is 14.3. The summed E-state index contributed by atoms with van der Waals surface area (Å²) < 4.78 is 10.1. The van der Waals surface area contributed by atoms with Crippen molar-refractivity contribution in [2.24, 2.45) is 5.92 Å². The molecule has 1 fully saturated rings. The number of urea groups is 1. The lowest BCUT2D eigenvalue weighted by Gasteiger charge is -2.22. The highest BCUT2D eigenvalue weighted by Gasteiger charge is 2.26. The van der Waals surface area contributed by atoms with Crippen molar-refractivity contribution in [1.29, 1.82) is 0 Å². The minimum absolute atomic E-state index is 0.106. The molecule has 0 spiro atoms. The molecule has 0 saturated heterocycles. The molecule has 0 aliphatic heterocycles. The van der Waals surface area contributed by atoms with Crippen molar-refractivity contribution in [1.82, 2.24) is 20.4 Å². The van der Waals surface area contributed by atoms with Crippen LogP contribution < -0.4 is 5.32 Å². The van der Waals surface area contributed by atoms with E-state index in [0.717, 1.165) is 13.0 Å². The number of nitrogens with zero attached hydrogens (tertiary/aromatic N) is 3. The lowest BCUT2D eigenvalue weighted by molar-refractivity contribution is 0.146. The minimum atomic E-state index is -0.106. The minimum Gasteiger partial charge on any atom is -0.383 e. The van der Waals surface area contributed by atoms with Crippen molar-refractivity contribution in [3.63, 3.8) is 0 Å². The van der Waals surface area contributed by atoms with Crippen LogP contribution in [-0.2, 0) is 17.7 Å². The number of hydrogen-bond acceptors (Lipinski definition) is 5. The molecule has 0 bridgehead atoms. The number of carbonyl (C=O) groups is 1. The maximum atomic E-state index is 12.1. The number of methoxy groups -OCH3 is 1. The molecule has 0 aromatic carbocycles. The zero-order chi connectivity index (χ0) is 14.4. The molecule has 0 atom stereocenters. The number of nitrogens with one attached hydrogen (secondary N) is 1. The van der Waals surface area contributed by atoms with Crippen molar-refractivity contribution >= 4 is 6.03 Å². The number of ether oxygens (including phenoxy) is 1. The van der Waals surface area contributed by atoms with Gasteiger partial charge in [-0.3, -0.25) is 0 Å². The quantitative estimate of drug-likeness (QED) is 0.775. The van der Waals surface area contributed by atoms with Crippen molar-refractivity contribution < 1.29 is 14.1 Å². The second kappa shape index (κ2) is 7.23. The third-order valence-electron chi connectivity index (χ3n) is 3.25. The number of rotatable bonds is 8. The van der Waals surface area contributed by atoms with Gasteiger partial charge in [0.2, 0.25) is 5.89 Å². The molecule has 1 N–H and O–H groups in total. The van der Waals surface area contributed by atoms with Gasteiger partial charge in [-0.15, -0.1) is 0 Å².